The minimum atomic E-state index is -4.76. The van der Waals surface area contributed by atoms with E-state index in [4.69, 9.17) is 0 Å². The number of hydrogen-bond donors (Lipinski definition) is 0. The lowest BCUT2D eigenvalue weighted by Gasteiger charge is -1.91. The van der Waals surface area contributed by atoms with E-state index >= 15 is 0 Å². The average molecular weight is 147 g/mol. The molecule has 1 unspecified atom stereocenters. The molecule has 48 valence electrons. The summed E-state index contributed by atoms with van der Waals surface area (Å²) in [7, 11) is -2.56. The van der Waals surface area contributed by atoms with Crippen LogP contribution in [-0.2, 0) is 9.09 Å². The standard InChI is InChI=1S/C2H3F3O2P/c1-8(6)7-2(3,4)5/h1H3/q+1. The highest BCUT2D eigenvalue weighted by molar-refractivity contribution is 7.38. The van der Waals surface area contributed by atoms with Crippen molar-refractivity contribution in [2.75, 3.05) is 6.66 Å². The normalized spacial score (nSPS) is 13.8. The Labute approximate surface area is 44.5 Å². The van der Waals surface area contributed by atoms with E-state index < -0.39 is 14.4 Å². The molecule has 0 bridgehead atoms. The van der Waals surface area contributed by atoms with E-state index in [0.29, 0.717) is 0 Å². The quantitative estimate of drug-likeness (QED) is 0.529. The van der Waals surface area contributed by atoms with E-state index in [1.54, 1.807) is 0 Å². The molecule has 0 aliphatic carbocycles. The minimum Gasteiger partial charge on any atom is -0.141 e. The van der Waals surface area contributed by atoms with Crippen LogP contribution in [0.15, 0.2) is 0 Å². The van der Waals surface area contributed by atoms with Crippen molar-refractivity contribution in [1.29, 1.82) is 0 Å². The summed E-state index contributed by atoms with van der Waals surface area (Å²) in [5.41, 5.74) is 0. The van der Waals surface area contributed by atoms with E-state index in [0.717, 1.165) is 6.66 Å². The van der Waals surface area contributed by atoms with Crippen LogP contribution >= 0.6 is 8.03 Å². The maximum Gasteiger partial charge on any atom is 0.564 e. The second kappa shape index (κ2) is 2.42. The van der Waals surface area contributed by atoms with Gasteiger partial charge in [0.2, 0.25) is 0 Å². The zero-order chi connectivity index (χ0) is 6.78. The summed E-state index contributed by atoms with van der Waals surface area (Å²) in [4.78, 5) is 0. The Hall–Kier alpha value is -0.150. The molecule has 8 heavy (non-hydrogen) atoms. The number of rotatable bonds is 1. The van der Waals surface area contributed by atoms with E-state index in [1.165, 1.54) is 0 Å². The van der Waals surface area contributed by atoms with Gasteiger partial charge in [-0.1, -0.05) is 0 Å². The maximum absolute atomic E-state index is 10.9. The lowest BCUT2D eigenvalue weighted by molar-refractivity contribution is -0.271. The Bertz CT molecular complexity index is 97.9. The molecule has 0 spiro atoms. The average Bonchev–Trinajstić information content (AvgIpc) is 1.21. The molecule has 0 aliphatic heterocycles. The molecule has 0 aromatic rings. The van der Waals surface area contributed by atoms with Crippen LogP contribution in [-0.4, -0.2) is 13.0 Å². The molecular formula is C2H3F3O2P+. The second-order valence-corrected chi connectivity index (χ2v) is 2.04. The summed E-state index contributed by atoms with van der Waals surface area (Å²) < 4.78 is 45.3. The summed E-state index contributed by atoms with van der Waals surface area (Å²) in [6, 6.07) is 0. The summed E-state index contributed by atoms with van der Waals surface area (Å²) in [5.74, 6) is 0. The predicted molar refractivity (Wildman–Crippen MR) is 20.7 cm³/mol. The zero-order valence-corrected chi connectivity index (χ0v) is 4.79. The molecule has 0 aromatic carbocycles. The van der Waals surface area contributed by atoms with Crippen molar-refractivity contribution in [3.05, 3.63) is 0 Å². The van der Waals surface area contributed by atoms with Gasteiger partial charge < -0.3 is 0 Å². The van der Waals surface area contributed by atoms with Gasteiger partial charge in [0, 0.05) is 0 Å². The van der Waals surface area contributed by atoms with E-state index in [9.17, 15) is 17.7 Å². The van der Waals surface area contributed by atoms with Crippen molar-refractivity contribution in [3.8, 4) is 0 Å². The smallest absolute Gasteiger partial charge is 0.141 e. The molecule has 0 aliphatic rings. The first-order valence-electron chi connectivity index (χ1n) is 1.58. The van der Waals surface area contributed by atoms with Gasteiger partial charge >= 0.3 is 14.4 Å². The molecule has 0 amide bonds. The first kappa shape index (κ1) is 7.85. The molecule has 0 N–H and O–H groups in total. The van der Waals surface area contributed by atoms with Gasteiger partial charge in [-0.25, -0.2) is 0 Å². The lowest BCUT2D eigenvalue weighted by atomic mass is 11.4. The maximum atomic E-state index is 10.9. The first-order chi connectivity index (χ1) is 3.42. The Morgan fingerprint density at radius 1 is 1.50 bits per heavy atom. The van der Waals surface area contributed by atoms with Crippen molar-refractivity contribution in [2.45, 2.75) is 6.36 Å². The van der Waals surface area contributed by atoms with Crippen molar-refractivity contribution in [1.82, 2.24) is 0 Å². The van der Waals surface area contributed by atoms with Crippen molar-refractivity contribution in [3.63, 3.8) is 0 Å². The summed E-state index contributed by atoms with van der Waals surface area (Å²) in [5, 5.41) is 0. The monoisotopic (exact) mass is 147 g/mol. The van der Waals surface area contributed by atoms with Crippen LogP contribution in [0.5, 0.6) is 0 Å². The van der Waals surface area contributed by atoms with E-state index in [2.05, 4.69) is 4.52 Å². The highest BCUT2D eigenvalue weighted by Gasteiger charge is 2.39. The van der Waals surface area contributed by atoms with Gasteiger partial charge in [0.25, 0.3) is 0 Å². The molecular weight excluding hydrogens is 144 g/mol. The lowest BCUT2D eigenvalue weighted by Crippen LogP contribution is -2.06. The van der Waals surface area contributed by atoms with Gasteiger partial charge in [0.15, 0.2) is 6.66 Å². The fourth-order valence-corrected chi connectivity index (χ4v) is 0.437. The van der Waals surface area contributed by atoms with Gasteiger partial charge in [-0.15, -0.1) is 13.2 Å². The van der Waals surface area contributed by atoms with Gasteiger partial charge in [-0.05, 0) is 9.09 Å². The minimum absolute atomic E-state index is 0.836. The number of alkyl halides is 3. The van der Waals surface area contributed by atoms with Crippen LogP contribution < -0.4 is 0 Å². The fraction of sp³-hybridized carbons (Fsp3) is 1.00. The first-order valence-corrected chi connectivity index (χ1v) is 3.21. The molecule has 0 aromatic heterocycles. The summed E-state index contributed by atoms with van der Waals surface area (Å²) >= 11 is 0. The van der Waals surface area contributed by atoms with Crippen LogP contribution in [0.1, 0.15) is 0 Å². The summed E-state index contributed by atoms with van der Waals surface area (Å²) in [6.07, 6.45) is -4.76. The molecule has 0 radical (unpaired) electrons. The Kier molecular flexibility index (Phi) is 2.37. The van der Waals surface area contributed by atoms with Gasteiger partial charge in [-0.2, -0.15) is 0 Å². The van der Waals surface area contributed by atoms with Gasteiger partial charge in [0.1, 0.15) is 0 Å². The van der Waals surface area contributed by atoms with E-state index in [1.807, 2.05) is 0 Å². The zero-order valence-electron chi connectivity index (χ0n) is 3.90. The SMILES string of the molecule is C[P+](=O)OC(F)(F)F. The van der Waals surface area contributed by atoms with E-state index in [-0.39, 0.29) is 0 Å². The molecule has 0 heterocycles. The van der Waals surface area contributed by atoms with Crippen LogP contribution in [0, 0.1) is 0 Å². The predicted octanol–water partition coefficient (Wildman–Crippen LogP) is 1.89. The highest BCUT2D eigenvalue weighted by Crippen LogP contribution is 2.29. The topological polar surface area (TPSA) is 26.3 Å². The third kappa shape index (κ3) is 5.85. The molecule has 0 saturated heterocycles. The van der Waals surface area contributed by atoms with Crippen LogP contribution in [0.4, 0.5) is 13.2 Å². The molecule has 1 atom stereocenters. The Morgan fingerprint density at radius 3 is 1.88 bits per heavy atom. The fourth-order valence-electron chi connectivity index (χ4n) is 0.146. The molecule has 0 rings (SSSR count). The third-order valence-electron chi connectivity index (χ3n) is 0.232. The second-order valence-electron chi connectivity index (χ2n) is 0.977. The van der Waals surface area contributed by atoms with Crippen LogP contribution in [0.3, 0.4) is 0 Å². The molecule has 0 saturated carbocycles. The van der Waals surface area contributed by atoms with Gasteiger partial charge in [0.05, 0.1) is 0 Å². The molecule has 2 nitrogen and oxygen atoms in total. The van der Waals surface area contributed by atoms with Crippen molar-refractivity contribution >= 4 is 8.03 Å². The van der Waals surface area contributed by atoms with Crippen LogP contribution in [0.25, 0.3) is 0 Å². The summed E-state index contributed by atoms with van der Waals surface area (Å²) in [6.45, 7) is 0.836. The van der Waals surface area contributed by atoms with Crippen LogP contribution in [0.2, 0.25) is 0 Å². The highest BCUT2D eigenvalue weighted by atomic mass is 31.1. The number of hydrogen-bond acceptors (Lipinski definition) is 2. The number of halogens is 3. The molecule has 6 heteroatoms. The van der Waals surface area contributed by atoms with Crippen molar-refractivity contribution < 1.29 is 22.3 Å². The Balaban J connectivity index is 3.55. The third-order valence-corrected chi connectivity index (χ3v) is 0.696. The van der Waals surface area contributed by atoms with Gasteiger partial charge in [-0.3, -0.25) is 0 Å². The Morgan fingerprint density at radius 2 is 1.88 bits per heavy atom. The molecule has 0 fully saturated rings. The van der Waals surface area contributed by atoms with Crippen molar-refractivity contribution in [2.24, 2.45) is 0 Å². The largest absolute Gasteiger partial charge is 0.564 e.